The highest BCUT2D eigenvalue weighted by Gasteiger charge is 2.08. The van der Waals surface area contributed by atoms with Crippen LogP contribution in [0.5, 0.6) is 5.75 Å². The van der Waals surface area contributed by atoms with Crippen molar-refractivity contribution in [1.82, 2.24) is 0 Å². The van der Waals surface area contributed by atoms with Crippen molar-refractivity contribution in [2.24, 2.45) is 0 Å². The number of nitrogens with two attached hydrogens (primary N) is 1. The van der Waals surface area contributed by atoms with Crippen LogP contribution in [-0.2, 0) is 6.61 Å². The first-order valence-corrected chi connectivity index (χ1v) is 6.77. The van der Waals surface area contributed by atoms with E-state index in [-0.39, 0.29) is 0 Å². The summed E-state index contributed by atoms with van der Waals surface area (Å²) < 4.78 is 5.83. The van der Waals surface area contributed by atoms with E-state index in [1.54, 1.807) is 0 Å². The van der Waals surface area contributed by atoms with E-state index in [1.165, 1.54) is 11.1 Å². The summed E-state index contributed by atoms with van der Waals surface area (Å²) in [5.41, 5.74) is 9.21. The maximum Gasteiger partial charge on any atom is 0.120 e. The van der Waals surface area contributed by atoms with Crippen LogP contribution < -0.4 is 10.5 Å². The lowest BCUT2D eigenvalue weighted by Crippen LogP contribution is -2.01. The SMILES string of the molecule is CCC(C)c1cc(OCc2ccccc2)ccc1N. The highest BCUT2D eigenvalue weighted by molar-refractivity contribution is 5.52. The molecule has 0 aliphatic rings. The summed E-state index contributed by atoms with van der Waals surface area (Å²) in [6.07, 6.45) is 1.08. The molecule has 2 aromatic carbocycles. The highest BCUT2D eigenvalue weighted by atomic mass is 16.5. The third kappa shape index (κ3) is 3.50. The first kappa shape index (κ1) is 13.5. The molecule has 0 saturated heterocycles. The van der Waals surface area contributed by atoms with Gasteiger partial charge in [-0.15, -0.1) is 0 Å². The van der Waals surface area contributed by atoms with Crippen LogP contribution in [0.3, 0.4) is 0 Å². The van der Waals surface area contributed by atoms with Gasteiger partial charge in [0.2, 0.25) is 0 Å². The fraction of sp³-hybridized carbons (Fsp3) is 0.294. The van der Waals surface area contributed by atoms with Crippen molar-refractivity contribution < 1.29 is 4.74 Å². The van der Waals surface area contributed by atoms with Gasteiger partial charge in [-0.25, -0.2) is 0 Å². The molecule has 0 fully saturated rings. The molecule has 1 atom stereocenters. The highest BCUT2D eigenvalue weighted by Crippen LogP contribution is 2.28. The largest absolute Gasteiger partial charge is 0.489 e. The van der Waals surface area contributed by atoms with Gasteiger partial charge in [0.15, 0.2) is 0 Å². The van der Waals surface area contributed by atoms with E-state index in [2.05, 4.69) is 32.0 Å². The molecule has 0 aliphatic heterocycles. The predicted molar refractivity (Wildman–Crippen MR) is 80.3 cm³/mol. The van der Waals surface area contributed by atoms with Gasteiger partial charge in [-0.1, -0.05) is 44.2 Å². The van der Waals surface area contributed by atoms with Gasteiger partial charge < -0.3 is 10.5 Å². The van der Waals surface area contributed by atoms with Crippen LogP contribution in [0.4, 0.5) is 5.69 Å². The zero-order chi connectivity index (χ0) is 13.7. The lowest BCUT2D eigenvalue weighted by atomic mass is 9.97. The summed E-state index contributed by atoms with van der Waals surface area (Å²) in [4.78, 5) is 0. The van der Waals surface area contributed by atoms with E-state index in [9.17, 15) is 0 Å². The first-order valence-electron chi connectivity index (χ1n) is 6.77. The van der Waals surface area contributed by atoms with Crippen molar-refractivity contribution in [3.63, 3.8) is 0 Å². The molecule has 0 aliphatic carbocycles. The minimum absolute atomic E-state index is 0.459. The summed E-state index contributed by atoms with van der Waals surface area (Å²) in [5.74, 6) is 1.34. The third-order valence-corrected chi connectivity index (χ3v) is 3.45. The van der Waals surface area contributed by atoms with Gasteiger partial charge in [-0.05, 0) is 41.7 Å². The van der Waals surface area contributed by atoms with E-state index in [0.29, 0.717) is 12.5 Å². The van der Waals surface area contributed by atoms with Gasteiger partial charge in [0, 0.05) is 5.69 Å². The van der Waals surface area contributed by atoms with E-state index in [0.717, 1.165) is 17.9 Å². The number of benzene rings is 2. The Hall–Kier alpha value is -1.96. The van der Waals surface area contributed by atoms with Crippen molar-refractivity contribution in [3.05, 3.63) is 59.7 Å². The normalized spacial score (nSPS) is 12.1. The van der Waals surface area contributed by atoms with Crippen LogP contribution in [0.25, 0.3) is 0 Å². The van der Waals surface area contributed by atoms with Gasteiger partial charge in [-0.2, -0.15) is 0 Å². The summed E-state index contributed by atoms with van der Waals surface area (Å²) in [5, 5.41) is 0. The van der Waals surface area contributed by atoms with Crippen LogP contribution in [0, 0.1) is 0 Å². The number of nitrogen functional groups attached to an aromatic ring is 1. The van der Waals surface area contributed by atoms with Gasteiger partial charge in [-0.3, -0.25) is 0 Å². The molecule has 0 amide bonds. The molecule has 100 valence electrons. The Kier molecular flexibility index (Phi) is 4.45. The zero-order valence-corrected chi connectivity index (χ0v) is 11.6. The van der Waals surface area contributed by atoms with Crippen molar-refractivity contribution in [1.29, 1.82) is 0 Å². The molecule has 19 heavy (non-hydrogen) atoms. The number of rotatable bonds is 5. The molecule has 2 N–H and O–H groups in total. The Balaban J connectivity index is 2.09. The molecule has 0 radical (unpaired) electrons. The fourth-order valence-corrected chi connectivity index (χ4v) is 2.03. The van der Waals surface area contributed by atoms with Crippen LogP contribution in [0.1, 0.15) is 37.3 Å². The molecule has 2 rings (SSSR count). The summed E-state index contributed by atoms with van der Waals surface area (Å²) >= 11 is 0. The quantitative estimate of drug-likeness (QED) is 0.806. The molecule has 2 heteroatoms. The fourth-order valence-electron chi connectivity index (χ4n) is 2.03. The van der Waals surface area contributed by atoms with E-state index < -0.39 is 0 Å². The zero-order valence-electron chi connectivity index (χ0n) is 11.6. The topological polar surface area (TPSA) is 35.2 Å². The van der Waals surface area contributed by atoms with Crippen molar-refractivity contribution in [3.8, 4) is 5.75 Å². The molecule has 0 spiro atoms. The standard InChI is InChI=1S/C17H21NO/c1-3-13(2)16-11-15(9-10-17(16)18)19-12-14-7-5-4-6-8-14/h4-11,13H,3,12,18H2,1-2H3. The molecular weight excluding hydrogens is 234 g/mol. The average molecular weight is 255 g/mol. The molecule has 1 unspecified atom stereocenters. The molecule has 0 heterocycles. The Morgan fingerprint density at radius 2 is 1.84 bits per heavy atom. The van der Waals surface area contributed by atoms with E-state index in [4.69, 9.17) is 10.5 Å². The monoisotopic (exact) mass is 255 g/mol. The lowest BCUT2D eigenvalue weighted by Gasteiger charge is -2.14. The van der Waals surface area contributed by atoms with Crippen LogP contribution in [0.2, 0.25) is 0 Å². The summed E-state index contributed by atoms with van der Waals surface area (Å²) in [7, 11) is 0. The third-order valence-electron chi connectivity index (χ3n) is 3.45. The van der Waals surface area contributed by atoms with Gasteiger partial charge >= 0.3 is 0 Å². The maximum absolute atomic E-state index is 6.02. The second-order valence-corrected chi connectivity index (χ2v) is 4.87. The van der Waals surface area contributed by atoms with Gasteiger partial charge in [0.1, 0.15) is 12.4 Å². The van der Waals surface area contributed by atoms with Crippen LogP contribution in [-0.4, -0.2) is 0 Å². The average Bonchev–Trinajstić information content (AvgIpc) is 2.46. The molecule has 2 aromatic rings. The molecule has 2 nitrogen and oxygen atoms in total. The molecule has 0 bridgehead atoms. The lowest BCUT2D eigenvalue weighted by molar-refractivity contribution is 0.306. The Morgan fingerprint density at radius 1 is 1.11 bits per heavy atom. The van der Waals surface area contributed by atoms with Crippen molar-refractivity contribution in [2.45, 2.75) is 32.8 Å². The van der Waals surface area contributed by atoms with Crippen LogP contribution >= 0.6 is 0 Å². The Bertz CT molecular complexity index is 522. The second-order valence-electron chi connectivity index (χ2n) is 4.87. The van der Waals surface area contributed by atoms with Crippen molar-refractivity contribution in [2.75, 3.05) is 5.73 Å². The number of hydrogen-bond acceptors (Lipinski definition) is 2. The number of anilines is 1. The molecular formula is C17H21NO. The maximum atomic E-state index is 6.02. The van der Waals surface area contributed by atoms with Crippen molar-refractivity contribution >= 4 is 5.69 Å². The second kappa shape index (κ2) is 6.28. The Morgan fingerprint density at radius 3 is 2.53 bits per heavy atom. The van der Waals surface area contributed by atoms with Crippen LogP contribution in [0.15, 0.2) is 48.5 Å². The van der Waals surface area contributed by atoms with E-state index >= 15 is 0 Å². The Labute approximate surface area is 115 Å². The smallest absolute Gasteiger partial charge is 0.120 e. The number of ether oxygens (including phenoxy) is 1. The summed E-state index contributed by atoms with van der Waals surface area (Å²) in [6, 6.07) is 16.1. The molecule has 0 saturated carbocycles. The first-order chi connectivity index (χ1) is 9.20. The predicted octanol–water partition coefficient (Wildman–Crippen LogP) is 4.36. The van der Waals surface area contributed by atoms with Gasteiger partial charge in [0.25, 0.3) is 0 Å². The summed E-state index contributed by atoms with van der Waals surface area (Å²) in [6.45, 7) is 4.94. The minimum Gasteiger partial charge on any atom is -0.489 e. The minimum atomic E-state index is 0.459. The number of hydrogen-bond donors (Lipinski definition) is 1. The van der Waals surface area contributed by atoms with Gasteiger partial charge in [0.05, 0.1) is 0 Å². The van der Waals surface area contributed by atoms with E-state index in [1.807, 2.05) is 30.3 Å². The molecule has 0 aromatic heterocycles.